The first-order valence-electron chi connectivity index (χ1n) is 5.83. The maximum Gasteiger partial charge on any atom is 0.344 e. The molecule has 20 heavy (non-hydrogen) atoms. The van der Waals surface area contributed by atoms with Crippen LogP contribution in [0.1, 0.15) is 15.9 Å². The Hall–Kier alpha value is -0.970. The molecule has 0 fully saturated rings. The van der Waals surface area contributed by atoms with Crippen molar-refractivity contribution in [3.8, 4) is 5.75 Å². The van der Waals surface area contributed by atoms with Gasteiger partial charge in [0, 0.05) is 9.37 Å². The van der Waals surface area contributed by atoms with E-state index >= 15 is 0 Å². The zero-order valence-corrected chi connectivity index (χ0v) is 14.1. The average molecular weight is 372 g/mol. The SMILES string of the molecule is CSc1ccccc1C(=O)Oc1c(C)cc(Br)cc1Cl. The second-order valence-electron chi connectivity index (χ2n) is 4.12. The number of benzene rings is 2. The monoisotopic (exact) mass is 370 g/mol. The first-order valence-corrected chi connectivity index (χ1v) is 8.23. The predicted molar refractivity (Wildman–Crippen MR) is 87.1 cm³/mol. The van der Waals surface area contributed by atoms with Gasteiger partial charge in [0.25, 0.3) is 0 Å². The highest BCUT2D eigenvalue weighted by atomic mass is 79.9. The van der Waals surface area contributed by atoms with Crippen LogP contribution in [0.2, 0.25) is 5.02 Å². The minimum atomic E-state index is -0.401. The van der Waals surface area contributed by atoms with Crippen molar-refractivity contribution >= 4 is 45.3 Å². The van der Waals surface area contributed by atoms with Gasteiger partial charge in [0.15, 0.2) is 5.75 Å². The van der Waals surface area contributed by atoms with Gasteiger partial charge in [0.2, 0.25) is 0 Å². The van der Waals surface area contributed by atoms with Crippen LogP contribution in [0.5, 0.6) is 5.75 Å². The van der Waals surface area contributed by atoms with E-state index in [-0.39, 0.29) is 0 Å². The van der Waals surface area contributed by atoms with Gasteiger partial charge in [-0.05, 0) is 43.0 Å². The van der Waals surface area contributed by atoms with Crippen LogP contribution < -0.4 is 4.74 Å². The number of esters is 1. The summed E-state index contributed by atoms with van der Waals surface area (Å²) in [7, 11) is 0. The van der Waals surface area contributed by atoms with E-state index in [4.69, 9.17) is 16.3 Å². The molecule has 0 spiro atoms. The summed E-state index contributed by atoms with van der Waals surface area (Å²) in [5.74, 6) is -0.00181. The number of carbonyl (C=O) groups excluding carboxylic acids is 1. The van der Waals surface area contributed by atoms with Crippen molar-refractivity contribution in [3.63, 3.8) is 0 Å². The number of ether oxygens (including phenoxy) is 1. The van der Waals surface area contributed by atoms with Crippen molar-refractivity contribution in [1.82, 2.24) is 0 Å². The standard InChI is InChI=1S/C15H12BrClO2S/c1-9-7-10(16)8-12(17)14(9)19-15(18)11-5-3-4-6-13(11)20-2/h3-8H,1-2H3. The van der Waals surface area contributed by atoms with Crippen LogP contribution in [-0.4, -0.2) is 12.2 Å². The lowest BCUT2D eigenvalue weighted by Crippen LogP contribution is -2.10. The third-order valence-corrected chi connectivity index (χ3v) is 4.25. The zero-order valence-electron chi connectivity index (χ0n) is 10.9. The number of thioether (sulfide) groups is 1. The van der Waals surface area contributed by atoms with Gasteiger partial charge in [-0.15, -0.1) is 11.8 Å². The molecule has 0 atom stereocenters. The molecule has 0 aromatic heterocycles. The van der Waals surface area contributed by atoms with E-state index in [0.717, 1.165) is 14.9 Å². The van der Waals surface area contributed by atoms with Gasteiger partial charge in [-0.1, -0.05) is 39.7 Å². The fourth-order valence-electron chi connectivity index (χ4n) is 1.78. The van der Waals surface area contributed by atoms with E-state index in [1.165, 1.54) is 11.8 Å². The largest absolute Gasteiger partial charge is 0.421 e. The molecule has 0 amide bonds. The lowest BCUT2D eigenvalue weighted by atomic mass is 10.2. The predicted octanol–water partition coefficient (Wildman–Crippen LogP) is 5.35. The highest BCUT2D eigenvalue weighted by Crippen LogP contribution is 2.33. The molecule has 0 radical (unpaired) electrons. The minimum Gasteiger partial charge on any atom is -0.421 e. The zero-order chi connectivity index (χ0) is 14.7. The van der Waals surface area contributed by atoms with E-state index < -0.39 is 5.97 Å². The summed E-state index contributed by atoms with van der Waals surface area (Å²) in [5.41, 5.74) is 1.35. The maximum atomic E-state index is 12.3. The summed E-state index contributed by atoms with van der Waals surface area (Å²) in [5, 5.41) is 0.409. The third kappa shape index (κ3) is 3.37. The third-order valence-electron chi connectivity index (χ3n) is 2.72. The Kier molecular flexibility index (Phi) is 5.13. The average Bonchev–Trinajstić information content (AvgIpc) is 2.42. The number of rotatable bonds is 3. The Morgan fingerprint density at radius 2 is 2.00 bits per heavy atom. The van der Waals surface area contributed by atoms with Crippen molar-refractivity contribution in [2.24, 2.45) is 0 Å². The number of hydrogen-bond donors (Lipinski definition) is 0. The summed E-state index contributed by atoms with van der Waals surface area (Å²) >= 11 is 11.0. The van der Waals surface area contributed by atoms with Crippen molar-refractivity contribution in [2.75, 3.05) is 6.26 Å². The topological polar surface area (TPSA) is 26.3 Å². The summed E-state index contributed by atoms with van der Waals surface area (Å²) in [6.45, 7) is 1.85. The van der Waals surface area contributed by atoms with E-state index in [0.29, 0.717) is 16.3 Å². The van der Waals surface area contributed by atoms with Crippen LogP contribution in [-0.2, 0) is 0 Å². The van der Waals surface area contributed by atoms with Crippen LogP contribution in [0.4, 0.5) is 0 Å². The Labute approximate surface area is 135 Å². The van der Waals surface area contributed by atoms with Gasteiger partial charge < -0.3 is 4.74 Å². The molecule has 0 N–H and O–H groups in total. The second-order valence-corrected chi connectivity index (χ2v) is 6.29. The van der Waals surface area contributed by atoms with E-state index in [1.54, 1.807) is 12.1 Å². The van der Waals surface area contributed by atoms with E-state index in [1.807, 2.05) is 37.4 Å². The summed E-state index contributed by atoms with van der Waals surface area (Å²) < 4.78 is 6.31. The van der Waals surface area contributed by atoms with Gasteiger partial charge in [-0.2, -0.15) is 0 Å². The summed E-state index contributed by atoms with van der Waals surface area (Å²) in [6.07, 6.45) is 1.92. The van der Waals surface area contributed by atoms with Crippen LogP contribution in [0.3, 0.4) is 0 Å². The summed E-state index contributed by atoms with van der Waals surface area (Å²) in [6, 6.07) is 10.9. The lowest BCUT2D eigenvalue weighted by molar-refractivity contribution is 0.0730. The van der Waals surface area contributed by atoms with E-state index in [2.05, 4.69) is 15.9 Å². The van der Waals surface area contributed by atoms with Crippen LogP contribution in [0.25, 0.3) is 0 Å². The first-order chi connectivity index (χ1) is 9.52. The highest BCUT2D eigenvalue weighted by molar-refractivity contribution is 9.10. The molecule has 0 aliphatic carbocycles. The Morgan fingerprint density at radius 1 is 1.30 bits per heavy atom. The fraction of sp³-hybridized carbons (Fsp3) is 0.133. The number of aryl methyl sites for hydroxylation is 1. The first kappa shape index (κ1) is 15.4. The Morgan fingerprint density at radius 3 is 2.65 bits per heavy atom. The molecule has 0 unspecified atom stereocenters. The molecule has 5 heteroatoms. The molecule has 0 aliphatic rings. The molecule has 0 aliphatic heterocycles. The molecule has 2 aromatic rings. The smallest absolute Gasteiger partial charge is 0.344 e. The molecule has 0 saturated heterocycles. The quantitative estimate of drug-likeness (QED) is 0.413. The normalized spacial score (nSPS) is 10.4. The van der Waals surface area contributed by atoms with Crippen molar-refractivity contribution in [1.29, 1.82) is 0 Å². The summed E-state index contributed by atoms with van der Waals surface area (Å²) in [4.78, 5) is 13.2. The Bertz CT molecular complexity index is 635. The molecule has 2 nitrogen and oxygen atoms in total. The van der Waals surface area contributed by atoms with Gasteiger partial charge in [-0.3, -0.25) is 0 Å². The molecule has 2 aromatic carbocycles. The number of carbonyl (C=O) groups is 1. The van der Waals surface area contributed by atoms with Gasteiger partial charge in [0.05, 0.1) is 10.6 Å². The van der Waals surface area contributed by atoms with Gasteiger partial charge in [0.1, 0.15) is 0 Å². The van der Waals surface area contributed by atoms with Crippen molar-refractivity contribution < 1.29 is 9.53 Å². The van der Waals surface area contributed by atoms with Crippen molar-refractivity contribution in [3.05, 3.63) is 57.0 Å². The van der Waals surface area contributed by atoms with Gasteiger partial charge in [-0.25, -0.2) is 4.79 Å². The lowest BCUT2D eigenvalue weighted by Gasteiger charge is -2.11. The van der Waals surface area contributed by atoms with Crippen LogP contribution >= 0.6 is 39.3 Å². The van der Waals surface area contributed by atoms with Crippen molar-refractivity contribution in [2.45, 2.75) is 11.8 Å². The fourth-order valence-corrected chi connectivity index (χ4v) is 3.37. The van der Waals surface area contributed by atoms with Crippen LogP contribution in [0, 0.1) is 6.92 Å². The molecule has 2 rings (SSSR count). The number of hydrogen-bond acceptors (Lipinski definition) is 3. The molecule has 104 valence electrons. The number of halogens is 2. The highest BCUT2D eigenvalue weighted by Gasteiger charge is 2.16. The Balaban J connectivity index is 2.33. The van der Waals surface area contributed by atoms with Crippen LogP contribution in [0.15, 0.2) is 45.8 Å². The van der Waals surface area contributed by atoms with Gasteiger partial charge >= 0.3 is 5.97 Å². The molecule has 0 heterocycles. The molecular formula is C15H12BrClO2S. The van der Waals surface area contributed by atoms with E-state index in [9.17, 15) is 4.79 Å². The maximum absolute atomic E-state index is 12.3. The molecular weight excluding hydrogens is 360 g/mol. The molecule has 0 saturated carbocycles. The second kappa shape index (κ2) is 6.66. The minimum absolute atomic E-state index is 0.399. The molecule has 0 bridgehead atoms.